The number of para-hydroxylation sites is 2. The third kappa shape index (κ3) is 4.19. The monoisotopic (exact) mass is 478 g/mol. The van der Waals surface area contributed by atoms with Gasteiger partial charge >= 0.3 is 0 Å². The Morgan fingerprint density at radius 2 is 1.54 bits per heavy atom. The Hall–Kier alpha value is -3.64. The molecule has 6 rings (SSSR count). The zero-order valence-electron chi connectivity index (χ0n) is 19.4. The molecule has 0 radical (unpaired) electrons. The van der Waals surface area contributed by atoms with Crippen molar-refractivity contribution in [1.82, 2.24) is 19.3 Å². The molecule has 0 N–H and O–H groups in total. The zero-order valence-corrected chi connectivity index (χ0v) is 20.2. The maximum Gasteiger partial charge on any atom is 0.241 e. The number of benzene rings is 3. The van der Waals surface area contributed by atoms with Crippen LogP contribution in [0.5, 0.6) is 0 Å². The molecule has 0 saturated carbocycles. The first kappa shape index (κ1) is 21.9. The molecule has 0 spiro atoms. The van der Waals surface area contributed by atoms with Crippen LogP contribution in [0.4, 0.5) is 0 Å². The lowest BCUT2D eigenvalue weighted by Crippen LogP contribution is -2.18. The van der Waals surface area contributed by atoms with Gasteiger partial charge in [0.05, 0.1) is 11.3 Å². The van der Waals surface area contributed by atoms with Gasteiger partial charge in [-0.1, -0.05) is 78.5 Å². The van der Waals surface area contributed by atoms with Crippen LogP contribution in [0.25, 0.3) is 16.6 Å². The molecule has 2 heterocycles. The Balaban J connectivity index is 1.32. The maximum atomic E-state index is 13.6. The molecule has 0 bridgehead atoms. The second kappa shape index (κ2) is 9.55. The van der Waals surface area contributed by atoms with Gasteiger partial charge in [0.25, 0.3) is 0 Å². The summed E-state index contributed by atoms with van der Waals surface area (Å²) in [4.78, 5) is 13.6. The first-order valence-electron chi connectivity index (χ1n) is 12.1. The first-order chi connectivity index (χ1) is 17.3. The van der Waals surface area contributed by atoms with E-state index >= 15 is 0 Å². The van der Waals surface area contributed by atoms with E-state index in [-0.39, 0.29) is 5.91 Å². The SMILES string of the molecule is O=C(CSc1nnc(Cc2ccccc2)n1-c1ccccc1)n1c2c(c3ccccc31)CCCC2. The van der Waals surface area contributed by atoms with E-state index in [2.05, 4.69) is 57.2 Å². The summed E-state index contributed by atoms with van der Waals surface area (Å²) in [5.41, 5.74) is 5.75. The summed E-state index contributed by atoms with van der Waals surface area (Å²) in [5.74, 6) is 1.27. The Bertz CT molecular complexity index is 1490. The average Bonchev–Trinajstić information content (AvgIpc) is 3.47. The highest BCUT2D eigenvalue weighted by Crippen LogP contribution is 2.33. The van der Waals surface area contributed by atoms with E-state index < -0.39 is 0 Å². The van der Waals surface area contributed by atoms with Crippen molar-refractivity contribution < 1.29 is 4.79 Å². The van der Waals surface area contributed by atoms with Crippen LogP contribution in [0.15, 0.2) is 90.1 Å². The fourth-order valence-corrected chi connectivity index (χ4v) is 5.91. The molecule has 0 saturated heterocycles. The molecule has 6 heteroatoms. The van der Waals surface area contributed by atoms with E-state index in [0.29, 0.717) is 12.2 Å². The van der Waals surface area contributed by atoms with Crippen molar-refractivity contribution >= 4 is 28.6 Å². The van der Waals surface area contributed by atoms with Crippen molar-refractivity contribution in [1.29, 1.82) is 0 Å². The van der Waals surface area contributed by atoms with Crippen LogP contribution in [0.3, 0.4) is 0 Å². The van der Waals surface area contributed by atoms with Crippen LogP contribution >= 0.6 is 11.8 Å². The van der Waals surface area contributed by atoms with Gasteiger partial charge in [0.1, 0.15) is 5.82 Å². The normalized spacial score (nSPS) is 13.1. The molecular weight excluding hydrogens is 452 g/mol. The molecule has 2 aromatic heterocycles. The van der Waals surface area contributed by atoms with Crippen molar-refractivity contribution in [2.75, 3.05) is 5.75 Å². The first-order valence-corrected chi connectivity index (χ1v) is 13.1. The number of aryl methyl sites for hydroxylation is 1. The summed E-state index contributed by atoms with van der Waals surface area (Å²) < 4.78 is 4.04. The number of nitrogens with zero attached hydrogens (tertiary/aromatic N) is 4. The number of hydrogen-bond acceptors (Lipinski definition) is 4. The van der Waals surface area contributed by atoms with Crippen LogP contribution < -0.4 is 0 Å². The molecule has 174 valence electrons. The van der Waals surface area contributed by atoms with E-state index in [0.717, 1.165) is 41.4 Å². The van der Waals surface area contributed by atoms with Gasteiger partial charge in [-0.05, 0) is 55.0 Å². The lowest BCUT2D eigenvalue weighted by atomic mass is 9.96. The molecule has 5 nitrogen and oxygen atoms in total. The number of hydrogen-bond donors (Lipinski definition) is 0. The van der Waals surface area contributed by atoms with Crippen molar-refractivity contribution in [3.05, 3.63) is 108 Å². The smallest absolute Gasteiger partial charge is 0.241 e. The standard InChI is InChI=1S/C29H26N4OS/c34-28(33-25-17-9-7-15-23(25)24-16-8-10-18-26(24)33)20-35-29-31-30-27(19-21-11-3-1-4-12-21)32(29)22-13-5-2-6-14-22/h1-7,9,11-15,17H,8,10,16,18-20H2. The van der Waals surface area contributed by atoms with Gasteiger partial charge in [-0.2, -0.15) is 0 Å². The van der Waals surface area contributed by atoms with Crippen LogP contribution in [0, 0.1) is 0 Å². The van der Waals surface area contributed by atoms with E-state index in [4.69, 9.17) is 0 Å². The molecule has 35 heavy (non-hydrogen) atoms. The second-order valence-corrected chi connectivity index (χ2v) is 9.84. The van der Waals surface area contributed by atoms with Gasteiger partial charge in [0.2, 0.25) is 5.91 Å². The second-order valence-electron chi connectivity index (χ2n) is 8.90. The topological polar surface area (TPSA) is 52.7 Å². The molecular formula is C29H26N4OS. The van der Waals surface area contributed by atoms with Crippen LogP contribution in [-0.4, -0.2) is 31.0 Å². The van der Waals surface area contributed by atoms with Crippen molar-refractivity contribution in [3.63, 3.8) is 0 Å². The number of carbonyl (C=O) groups excluding carboxylic acids is 1. The van der Waals surface area contributed by atoms with E-state index in [1.807, 2.05) is 47.0 Å². The number of aromatic nitrogens is 4. The Labute approximate surface area is 208 Å². The minimum atomic E-state index is 0.0987. The third-order valence-corrected chi connectivity index (χ3v) is 7.59. The summed E-state index contributed by atoms with van der Waals surface area (Å²) in [5, 5.41) is 11.0. The molecule has 0 atom stereocenters. The van der Waals surface area contributed by atoms with Crippen LogP contribution in [-0.2, 0) is 19.3 Å². The predicted octanol–water partition coefficient (Wildman–Crippen LogP) is 6.12. The summed E-state index contributed by atoms with van der Waals surface area (Å²) >= 11 is 1.46. The molecule has 0 amide bonds. The van der Waals surface area contributed by atoms with Crippen LogP contribution in [0.2, 0.25) is 0 Å². The fraction of sp³-hybridized carbons (Fsp3) is 0.207. The fourth-order valence-electron chi connectivity index (χ4n) is 5.09. The van der Waals surface area contributed by atoms with Gasteiger partial charge in [-0.15, -0.1) is 10.2 Å². The summed E-state index contributed by atoms with van der Waals surface area (Å²) in [6, 6.07) is 28.7. The molecule has 0 aliphatic heterocycles. The summed E-state index contributed by atoms with van der Waals surface area (Å²) in [6.45, 7) is 0. The number of carbonyl (C=O) groups is 1. The predicted molar refractivity (Wildman–Crippen MR) is 141 cm³/mol. The van der Waals surface area contributed by atoms with E-state index in [1.54, 1.807) is 0 Å². The summed E-state index contributed by atoms with van der Waals surface area (Å²) in [6.07, 6.45) is 5.01. The average molecular weight is 479 g/mol. The zero-order chi connectivity index (χ0) is 23.6. The van der Waals surface area contributed by atoms with Gasteiger partial charge < -0.3 is 0 Å². The Kier molecular flexibility index (Phi) is 5.96. The number of fused-ring (bicyclic) bond motifs is 3. The van der Waals surface area contributed by atoms with Gasteiger partial charge in [0.15, 0.2) is 5.16 Å². The molecule has 1 aliphatic carbocycles. The minimum Gasteiger partial charge on any atom is -0.283 e. The van der Waals surface area contributed by atoms with Gasteiger partial charge in [-0.25, -0.2) is 0 Å². The maximum absolute atomic E-state index is 13.6. The summed E-state index contributed by atoms with van der Waals surface area (Å²) in [7, 11) is 0. The Morgan fingerprint density at radius 1 is 0.829 bits per heavy atom. The highest BCUT2D eigenvalue weighted by molar-refractivity contribution is 7.99. The number of thioether (sulfide) groups is 1. The van der Waals surface area contributed by atoms with Crippen molar-refractivity contribution in [2.24, 2.45) is 0 Å². The van der Waals surface area contributed by atoms with E-state index in [1.165, 1.54) is 40.4 Å². The van der Waals surface area contributed by atoms with Crippen molar-refractivity contribution in [2.45, 2.75) is 37.3 Å². The third-order valence-electron chi connectivity index (χ3n) is 6.67. The largest absolute Gasteiger partial charge is 0.283 e. The van der Waals surface area contributed by atoms with Gasteiger partial charge in [0, 0.05) is 23.2 Å². The van der Waals surface area contributed by atoms with E-state index in [9.17, 15) is 4.79 Å². The number of rotatable bonds is 6. The quantitative estimate of drug-likeness (QED) is 0.276. The molecule has 0 unspecified atom stereocenters. The lowest BCUT2D eigenvalue weighted by Gasteiger charge is -2.15. The molecule has 5 aromatic rings. The highest BCUT2D eigenvalue weighted by Gasteiger charge is 2.24. The lowest BCUT2D eigenvalue weighted by molar-refractivity contribution is 0.0943. The molecule has 3 aromatic carbocycles. The Morgan fingerprint density at radius 3 is 2.37 bits per heavy atom. The van der Waals surface area contributed by atoms with Crippen LogP contribution in [0.1, 0.15) is 40.3 Å². The molecule has 1 aliphatic rings. The minimum absolute atomic E-state index is 0.0987. The highest BCUT2D eigenvalue weighted by atomic mass is 32.2. The van der Waals surface area contributed by atoms with Gasteiger partial charge in [-0.3, -0.25) is 13.9 Å². The molecule has 0 fully saturated rings. The van der Waals surface area contributed by atoms with Crippen molar-refractivity contribution in [3.8, 4) is 5.69 Å².